The number of hydrogen-bond donors (Lipinski definition) is 2. The van der Waals surface area contributed by atoms with Crippen LogP contribution in [0, 0.1) is 0 Å². The van der Waals surface area contributed by atoms with Crippen molar-refractivity contribution in [2.75, 3.05) is 0 Å². The summed E-state index contributed by atoms with van der Waals surface area (Å²) in [6.07, 6.45) is 0. The number of benzene rings is 7. The Morgan fingerprint density at radius 3 is 1.47 bits per heavy atom. The molecule has 0 radical (unpaired) electrons. The van der Waals surface area contributed by atoms with Crippen molar-refractivity contribution >= 4 is 21.9 Å². The molecule has 0 aliphatic carbocycles. The number of para-hydroxylation sites is 1. The maximum atomic E-state index is 11.8. The van der Waals surface area contributed by atoms with Crippen molar-refractivity contribution in [2.24, 2.45) is 0 Å². The van der Waals surface area contributed by atoms with Crippen molar-refractivity contribution in [1.82, 2.24) is 9.97 Å². The molecule has 352 valence electrons. The van der Waals surface area contributed by atoms with E-state index in [1.807, 2.05) is 66.7 Å². The van der Waals surface area contributed by atoms with E-state index >= 15 is 0 Å². The fourth-order valence-corrected chi connectivity index (χ4v) is 9.29. The topological polar surface area (TPSA) is 79.4 Å². The van der Waals surface area contributed by atoms with Gasteiger partial charge in [0.05, 0.1) is 22.8 Å². The summed E-state index contributed by atoms with van der Waals surface area (Å²) in [5, 5.41) is 25.4. The fourth-order valence-electron chi connectivity index (χ4n) is 9.29. The monoisotopic (exact) mass is 1100 g/mol. The zero-order valence-electron chi connectivity index (χ0n) is 41.3. The molecular formula is C64H58N2O3Pt. The van der Waals surface area contributed by atoms with E-state index < -0.39 is 0 Å². The first kappa shape index (κ1) is 48.0. The van der Waals surface area contributed by atoms with Crippen LogP contribution in [0.3, 0.4) is 0 Å². The summed E-state index contributed by atoms with van der Waals surface area (Å²) in [5.41, 5.74) is 16.8. The van der Waals surface area contributed by atoms with Crippen molar-refractivity contribution in [3.05, 3.63) is 193 Å². The van der Waals surface area contributed by atoms with Crippen LogP contribution in [0.5, 0.6) is 11.5 Å². The first-order chi connectivity index (χ1) is 32.9. The largest absolute Gasteiger partial charge is 0.507 e. The average molecular weight is 1100 g/mol. The molecule has 10 rings (SSSR count). The van der Waals surface area contributed by atoms with Gasteiger partial charge in [0.25, 0.3) is 0 Å². The Balaban J connectivity index is 0.00000608. The molecule has 0 bridgehead atoms. The number of phenolic OH excluding ortho intramolecular Hbond substituents is 2. The summed E-state index contributed by atoms with van der Waals surface area (Å²) in [7, 11) is 0. The number of fused-ring (bicyclic) bond motifs is 3. The minimum Gasteiger partial charge on any atom is -0.507 e. The predicted molar refractivity (Wildman–Crippen MR) is 287 cm³/mol. The van der Waals surface area contributed by atoms with E-state index in [2.05, 4.69) is 159 Å². The Morgan fingerprint density at radius 2 is 0.857 bits per heavy atom. The number of phenols is 2. The summed E-state index contributed by atoms with van der Waals surface area (Å²) in [4.78, 5) is 10.6. The Kier molecular flexibility index (Phi) is 12.6. The number of hydrogen-bond acceptors (Lipinski definition) is 5. The number of nitrogens with zero attached hydrogens (tertiary/aromatic N) is 2. The molecule has 0 unspecified atom stereocenters. The normalized spacial score (nSPS) is 12.1. The van der Waals surface area contributed by atoms with Gasteiger partial charge in [-0.25, -0.2) is 9.97 Å². The first-order valence-corrected chi connectivity index (χ1v) is 23.8. The van der Waals surface area contributed by atoms with Gasteiger partial charge < -0.3 is 14.6 Å². The number of rotatable bonds is 7. The van der Waals surface area contributed by atoms with Gasteiger partial charge in [-0.1, -0.05) is 172 Å². The minimum absolute atomic E-state index is 0. The molecule has 0 saturated carbocycles. The maximum absolute atomic E-state index is 11.8. The van der Waals surface area contributed by atoms with Crippen LogP contribution in [0.2, 0.25) is 0 Å². The SMILES string of the molecule is CC(C)(C)c1cc(-c2cc(-c3cccc(-c4cc(-c5c(-c6ccccc6)cc(C(C)(C)C)cc5-c5ccccc5)ccc4O)n3)nc(-c3cc4oc5ccccc5c4cc3O)c2)cc(C(C)(C)C)c1.[Pt]. The van der Waals surface area contributed by atoms with E-state index in [9.17, 15) is 10.2 Å². The van der Waals surface area contributed by atoms with Crippen molar-refractivity contribution in [1.29, 1.82) is 0 Å². The molecule has 0 spiro atoms. The summed E-state index contributed by atoms with van der Waals surface area (Å²) in [6, 6.07) is 60.0. The second kappa shape index (κ2) is 18.4. The van der Waals surface area contributed by atoms with Crippen LogP contribution in [0.15, 0.2) is 180 Å². The Bertz CT molecular complexity index is 3480. The molecule has 0 aliphatic heterocycles. The van der Waals surface area contributed by atoms with Crippen molar-refractivity contribution in [3.63, 3.8) is 0 Å². The second-order valence-electron chi connectivity index (χ2n) is 21.5. The number of furan rings is 1. The van der Waals surface area contributed by atoms with Crippen LogP contribution in [0.4, 0.5) is 0 Å². The van der Waals surface area contributed by atoms with E-state index in [4.69, 9.17) is 14.4 Å². The van der Waals surface area contributed by atoms with E-state index in [-0.39, 0.29) is 48.8 Å². The van der Waals surface area contributed by atoms with Gasteiger partial charge in [0, 0.05) is 43.0 Å². The van der Waals surface area contributed by atoms with Gasteiger partial charge in [-0.15, -0.1) is 0 Å². The van der Waals surface area contributed by atoms with Crippen molar-refractivity contribution < 1.29 is 35.7 Å². The third-order valence-electron chi connectivity index (χ3n) is 13.3. The molecule has 3 aromatic heterocycles. The van der Waals surface area contributed by atoms with Gasteiger partial charge in [0.2, 0.25) is 0 Å². The summed E-state index contributed by atoms with van der Waals surface area (Å²) >= 11 is 0. The molecule has 2 N–H and O–H groups in total. The van der Waals surface area contributed by atoms with Gasteiger partial charge in [-0.05, 0) is 144 Å². The van der Waals surface area contributed by atoms with E-state index in [1.54, 1.807) is 12.1 Å². The predicted octanol–water partition coefficient (Wildman–Crippen LogP) is 17.3. The van der Waals surface area contributed by atoms with Crippen LogP contribution in [0.1, 0.15) is 79.0 Å². The standard InChI is InChI=1S/C64H58N2O3.Pt/c1-62(2,3)44-29-42(30-45(34-44)63(4,5)6)43-32-55(52-38-60-50(37-58(52)68)47-23-16-17-26-59(47)69-60)66-56(33-43)54-25-18-24-53(65-54)51-31-41(27-28-57(51)67)61-48(39-19-12-10-13-20-39)35-46(64(7,8)9)36-49(61)40-21-14-11-15-22-40;/h10-38,67-68H,1-9H3;. The summed E-state index contributed by atoms with van der Waals surface area (Å²) in [5.74, 6) is 0.226. The molecule has 70 heavy (non-hydrogen) atoms. The summed E-state index contributed by atoms with van der Waals surface area (Å²) in [6.45, 7) is 20.2. The van der Waals surface area contributed by atoms with Crippen LogP contribution >= 0.6 is 0 Å². The minimum atomic E-state index is -0.107. The van der Waals surface area contributed by atoms with Gasteiger partial charge in [0.15, 0.2) is 0 Å². The molecule has 0 amide bonds. The molecule has 0 saturated heterocycles. The van der Waals surface area contributed by atoms with Crippen LogP contribution in [0.25, 0.3) is 100 Å². The molecule has 0 aliphatic rings. The zero-order chi connectivity index (χ0) is 48.4. The molecule has 6 heteroatoms. The van der Waals surface area contributed by atoms with E-state index in [0.717, 1.165) is 60.9 Å². The summed E-state index contributed by atoms with van der Waals surface area (Å²) < 4.78 is 6.33. The Morgan fingerprint density at radius 1 is 0.343 bits per heavy atom. The molecule has 0 fully saturated rings. The van der Waals surface area contributed by atoms with Gasteiger partial charge in [-0.3, -0.25) is 0 Å². The Labute approximate surface area is 426 Å². The quantitative estimate of drug-likeness (QED) is 0.166. The molecule has 0 atom stereocenters. The van der Waals surface area contributed by atoms with Crippen LogP contribution in [-0.2, 0) is 37.3 Å². The third-order valence-corrected chi connectivity index (χ3v) is 13.3. The number of aromatic hydroxyl groups is 2. The van der Waals surface area contributed by atoms with Crippen LogP contribution < -0.4 is 0 Å². The first-order valence-electron chi connectivity index (χ1n) is 23.8. The van der Waals surface area contributed by atoms with Crippen molar-refractivity contribution in [2.45, 2.75) is 78.6 Å². The van der Waals surface area contributed by atoms with E-state index in [1.165, 1.54) is 16.7 Å². The fraction of sp³-hybridized carbons (Fsp3) is 0.188. The van der Waals surface area contributed by atoms with Gasteiger partial charge in [0.1, 0.15) is 22.7 Å². The third kappa shape index (κ3) is 9.36. The molecular weight excluding hydrogens is 1040 g/mol. The van der Waals surface area contributed by atoms with Crippen LogP contribution in [-0.4, -0.2) is 20.2 Å². The average Bonchev–Trinajstić information content (AvgIpc) is 3.70. The van der Waals surface area contributed by atoms with Gasteiger partial charge in [-0.2, -0.15) is 0 Å². The number of pyridine rings is 2. The molecule has 10 aromatic rings. The zero-order valence-corrected chi connectivity index (χ0v) is 43.5. The van der Waals surface area contributed by atoms with Gasteiger partial charge >= 0.3 is 0 Å². The number of aromatic nitrogens is 2. The Hall–Kier alpha value is -7.07. The van der Waals surface area contributed by atoms with E-state index in [0.29, 0.717) is 39.5 Å². The van der Waals surface area contributed by atoms with Crippen molar-refractivity contribution in [3.8, 4) is 89.9 Å². The molecule has 5 nitrogen and oxygen atoms in total. The molecule has 3 heterocycles. The maximum Gasteiger partial charge on any atom is 0.136 e. The molecule has 7 aromatic carbocycles. The smallest absolute Gasteiger partial charge is 0.136 e. The second-order valence-corrected chi connectivity index (χ2v) is 21.5.